The van der Waals surface area contributed by atoms with Gasteiger partial charge in [-0.3, -0.25) is 0 Å². The number of hydrogen-bond acceptors (Lipinski definition) is 3. The summed E-state index contributed by atoms with van der Waals surface area (Å²) in [6, 6.07) is 0. The largest absolute Gasteiger partial charge is 0.415 e. The first kappa shape index (κ1) is 19.9. The van der Waals surface area contributed by atoms with Crippen LogP contribution in [-0.4, -0.2) is 27.2 Å². The predicted octanol–water partition coefficient (Wildman–Crippen LogP) is 6.25. The molecule has 7 unspecified atom stereocenters. The molecule has 0 bridgehead atoms. The van der Waals surface area contributed by atoms with Crippen LogP contribution < -0.4 is 0 Å². The Bertz CT molecular complexity index is 600. The van der Waals surface area contributed by atoms with E-state index in [1.165, 1.54) is 57.1 Å². The topological polar surface area (TPSA) is 30.8 Å². The van der Waals surface area contributed by atoms with E-state index in [1.807, 2.05) is 0 Å². The van der Waals surface area contributed by atoms with Gasteiger partial charge in [0.15, 0.2) is 8.32 Å². The highest BCUT2D eigenvalue weighted by molar-refractivity contribution is 6.69. The average Bonchev–Trinajstić information content (AvgIpc) is 2.91. The van der Waals surface area contributed by atoms with Gasteiger partial charge in [-0.2, -0.15) is 0 Å². The van der Waals surface area contributed by atoms with E-state index in [4.69, 9.17) is 9.26 Å². The Morgan fingerprint density at radius 3 is 2.44 bits per heavy atom. The number of oxime groups is 1. The van der Waals surface area contributed by atoms with E-state index < -0.39 is 8.32 Å². The molecule has 4 aliphatic carbocycles. The monoisotopic (exact) mass is 391 g/mol. The Morgan fingerprint density at radius 2 is 1.74 bits per heavy atom. The molecule has 154 valence electrons. The second kappa shape index (κ2) is 6.86. The summed E-state index contributed by atoms with van der Waals surface area (Å²) in [4.78, 5) is 5.21. The SMILES string of the molecule is CON=C1CCC2C3CCC4CC(O[Si](C)(C)C)CCC4(C)C3CCC12C. The van der Waals surface area contributed by atoms with E-state index in [-0.39, 0.29) is 0 Å². The minimum atomic E-state index is -1.43. The second-order valence-electron chi connectivity index (χ2n) is 11.5. The normalized spacial score (nSPS) is 48.7. The van der Waals surface area contributed by atoms with Crippen LogP contribution in [0.2, 0.25) is 19.6 Å². The average molecular weight is 392 g/mol. The summed E-state index contributed by atoms with van der Waals surface area (Å²) in [6.45, 7) is 12.2. The second-order valence-corrected chi connectivity index (χ2v) is 16.0. The molecule has 4 fully saturated rings. The lowest BCUT2D eigenvalue weighted by molar-refractivity contribution is -0.111. The minimum absolute atomic E-state index is 0.304. The minimum Gasteiger partial charge on any atom is -0.415 e. The van der Waals surface area contributed by atoms with Crippen LogP contribution in [0.3, 0.4) is 0 Å². The molecule has 0 spiro atoms. The molecule has 0 saturated heterocycles. The van der Waals surface area contributed by atoms with Crippen molar-refractivity contribution in [1.29, 1.82) is 0 Å². The molecule has 7 atom stereocenters. The predicted molar refractivity (Wildman–Crippen MR) is 114 cm³/mol. The van der Waals surface area contributed by atoms with E-state index in [2.05, 4.69) is 38.6 Å². The van der Waals surface area contributed by atoms with Gasteiger partial charge in [-0.05, 0) is 107 Å². The van der Waals surface area contributed by atoms with Gasteiger partial charge in [-0.15, -0.1) is 0 Å². The molecular formula is C23H41NO2Si. The molecule has 0 heterocycles. The Balaban J connectivity index is 1.52. The molecule has 0 N–H and O–H groups in total. The van der Waals surface area contributed by atoms with Crippen LogP contribution in [0.1, 0.15) is 71.6 Å². The number of nitrogens with zero attached hydrogens (tertiary/aromatic N) is 1. The zero-order chi connectivity index (χ0) is 19.4. The fourth-order valence-corrected chi connectivity index (χ4v) is 9.09. The highest BCUT2D eigenvalue weighted by Crippen LogP contribution is 2.65. The van der Waals surface area contributed by atoms with Crippen molar-refractivity contribution >= 4 is 14.0 Å². The van der Waals surface area contributed by atoms with Crippen molar-refractivity contribution in [3.8, 4) is 0 Å². The van der Waals surface area contributed by atoms with E-state index in [9.17, 15) is 0 Å². The maximum Gasteiger partial charge on any atom is 0.184 e. The lowest BCUT2D eigenvalue weighted by Crippen LogP contribution is -2.54. The van der Waals surface area contributed by atoms with Gasteiger partial charge in [-0.1, -0.05) is 19.0 Å². The highest BCUT2D eigenvalue weighted by Gasteiger charge is 2.59. The molecule has 0 amide bonds. The fourth-order valence-electron chi connectivity index (χ4n) is 7.87. The Morgan fingerprint density at radius 1 is 0.963 bits per heavy atom. The standard InChI is InChI=1S/C23H41NO2Si/c1-22-13-11-17(26-27(4,5)6)15-16(22)7-8-18-19-9-10-21(24-25-3)23(19,2)14-12-20(18)22/h16-20H,7-15H2,1-6H3. The Kier molecular flexibility index (Phi) is 5.07. The van der Waals surface area contributed by atoms with Crippen molar-refractivity contribution in [2.75, 3.05) is 7.11 Å². The summed E-state index contributed by atoms with van der Waals surface area (Å²) in [5, 5.41) is 4.46. The van der Waals surface area contributed by atoms with Crippen molar-refractivity contribution in [3.05, 3.63) is 0 Å². The van der Waals surface area contributed by atoms with E-state index in [0.29, 0.717) is 16.9 Å². The zero-order valence-electron chi connectivity index (χ0n) is 18.5. The Hall–Kier alpha value is -0.353. The molecule has 0 radical (unpaired) electrons. The van der Waals surface area contributed by atoms with Crippen LogP contribution in [0.4, 0.5) is 0 Å². The van der Waals surface area contributed by atoms with E-state index >= 15 is 0 Å². The van der Waals surface area contributed by atoms with Gasteiger partial charge in [0, 0.05) is 11.5 Å². The lowest BCUT2D eigenvalue weighted by atomic mass is 9.45. The highest BCUT2D eigenvalue weighted by atomic mass is 28.4. The third kappa shape index (κ3) is 3.33. The van der Waals surface area contributed by atoms with Gasteiger partial charge < -0.3 is 9.26 Å². The van der Waals surface area contributed by atoms with Crippen molar-refractivity contribution in [2.45, 2.75) is 97.4 Å². The smallest absolute Gasteiger partial charge is 0.184 e. The van der Waals surface area contributed by atoms with E-state index in [0.717, 1.165) is 30.1 Å². The van der Waals surface area contributed by atoms with Crippen LogP contribution in [0.5, 0.6) is 0 Å². The van der Waals surface area contributed by atoms with Crippen molar-refractivity contribution in [3.63, 3.8) is 0 Å². The summed E-state index contributed by atoms with van der Waals surface area (Å²) in [7, 11) is 0.283. The molecule has 0 aromatic heterocycles. The van der Waals surface area contributed by atoms with Crippen molar-refractivity contribution in [1.82, 2.24) is 0 Å². The van der Waals surface area contributed by atoms with Gasteiger partial charge in [-0.25, -0.2) is 0 Å². The molecule has 4 rings (SSSR count). The first-order valence-corrected chi connectivity index (χ1v) is 14.9. The number of hydrogen-bond donors (Lipinski definition) is 0. The van der Waals surface area contributed by atoms with Crippen LogP contribution in [0.15, 0.2) is 5.16 Å². The summed E-state index contributed by atoms with van der Waals surface area (Å²) in [5.74, 6) is 3.54. The maximum atomic E-state index is 6.54. The zero-order valence-corrected chi connectivity index (χ0v) is 19.5. The molecule has 0 aromatic rings. The molecule has 4 aliphatic rings. The molecular weight excluding hydrogens is 350 g/mol. The third-order valence-electron chi connectivity index (χ3n) is 9.08. The van der Waals surface area contributed by atoms with Crippen molar-refractivity contribution < 1.29 is 9.26 Å². The molecule has 4 saturated carbocycles. The molecule has 0 aromatic carbocycles. The van der Waals surface area contributed by atoms with Crippen LogP contribution in [0, 0.1) is 34.5 Å². The first-order chi connectivity index (χ1) is 12.7. The van der Waals surface area contributed by atoms with Gasteiger partial charge in [0.25, 0.3) is 0 Å². The third-order valence-corrected chi connectivity index (χ3v) is 10.1. The lowest BCUT2D eigenvalue weighted by Gasteiger charge is -2.60. The van der Waals surface area contributed by atoms with Gasteiger partial charge in [0.05, 0.1) is 5.71 Å². The van der Waals surface area contributed by atoms with Crippen LogP contribution >= 0.6 is 0 Å². The van der Waals surface area contributed by atoms with E-state index in [1.54, 1.807) is 7.11 Å². The quantitative estimate of drug-likeness (QED) is 0.420. The summed E-state index contributed by atoms with van der Waals surface area (Å²) in [6.07, 6.45) is 12.6. The fraction of sp³-hybridized carbons (Fsp3) is 0.957. The number of rotatable bonds is 3. The van der Waals surface area contributed by atoms with Crippen molar-refractivity contribution in [2.24, 2.45) is 39.7 Å². The first-order valence-electron chi connectivity index (χ1n) is 11.5. The van der Waals surface area contributed by atoms with Crippen LogP contribution in [-0.2, 0) is 9.26 Å². The summed E-state index contributed by atoms with van der Waals surface area (Å²) >= 11 is 0. The molecule has 4 heteroatoms. The molecule has 3 nitrogen and oxygen atoms in total. The molecule has 0 aliphatic heterocycles. The Labute approximate surface area is 167 Å². The van der Waals surface area contributed by atoms with Crippen LogP contribution in [0.25, 0.3) is 0 Å². The number of fused-ring (bicyclic) bond motifs is 5. The van der Waals surface area contributed by atoms with Gasteiger partial charge in [0.2, 0.25) is 0 Å². The summed E-state index contributed by atoms with van der Waals surface area (Å²) in [5.41, 5.74) is 2.21. The van der Waals surface area contributed by atoms with Gasteiger partial charge >= 0.3 is 0 Å². The molecule has 27 heavy (non-hydrogen) atoms. The maximum absolute atomic E-state index is 6.54. The van der Waals surface area contributed by atoms with Gasteiger partial charge in [0.1, 0.15) is 7.11 Å². The summed E-state index contributed by atoms with van der Waals surface area (Å²) < 4.78 is 6.54.